The lowest BCUT2D eigenvalue weighted by Gasteiger charge is -2.36. The summed E-state index contributed by atoms with van der Waals surface area (Å²) < 4.78 is 10.9. The fourth-order valence-electron chi connectivity index (χ4n) is 4.88. The number of piperazine rings is 1. The lowest BCUT2D eigenvalue weighted by atomic mass is 10.0. The molecule has 0 saturated carbocycles. The van der Waals surface area contributed by atoms with Gasteiger partial charge in [-0.2, -0.15) is 0 Å². The van der Waals surface area contributed by atoms with Gasteiger partial charge in [0.05, 0.1) is 18.4 Å². The molecule has 182 valence electrons. The largest absolute Gasteiger partial charge is 0.494 e. The summed E-state index contributed by atoms with van der Waals surface area (Å²) in [5.41, 5.74) is 3.67. The van der Waals surface area contributed by atoms with Gasteiger partial charge in [-0.15, -0.1) is 0 Å². The van der Waals surface area contributed by atoms with Crippen LogP contribution in [0, 0.1) is 0 Å². The number of fused-ring (bicyclic) bond motifs is 2. The number of nitrogens with zero attached hydrogens (tertiary/aromatic N) is 2. The number of carboxylic acid groups (broad SMARTS) is 1. The summed E-state index contributed by atoms with van der Waals surface area (Å²) in [5, 5.41) is 11.2. The number of ether oxygens (including phenoxy) is 1. The minimum Gasteiger partial charge on any atom is -0.494 e. The minimum atomic E-state index is -0.897. The van der Waals surface area contributed by atoms with Gasteiger partial charge in [-0.25, -0.2) is 9.59 Å². The first-order valence-corrected chi connectivity index (χ1v) is 11.9. The molecule has 1 aliphatic rings. The Kier molecular flexibility index (Phi) is 6.46. The van der Waals surface area contributed by atoms with Gasteiger partial charge >= 0.3 is 11.6 Å². The molecule has 0 unspecified atom stereocenters. The first-order chi connectivity index (χ1) is 17.0. The molecule has 2 aromatic heterocycles. The fourth-order valence-corrected chi connectivity index (χ4v) is 4.88. The summed E-state index contributed by atoms with van der Waals surface area (Å²) in [6.45, 7) is 4.79. The van der Waals surface area contributed by atoms with Crippen LogP contribution in [0.3, 0.4) is 0 Å². The molecule has 2 aromatic carbocycles. The highest BCUT2D eigenvalue weighted by Gasteiger charge is 2.20. The molecule has 0 spiro atoms. The summed E-state index contributed by atoms with van der Waals surface area (Å²) in [6.07, 6.45) is 5.06. The zero-order chi connectivity index (χ0) is 24.4. The molecule has 8 nitrogen and oxygen atoms in total. The van der Waals surface area contributed by atoms with Crippen molar-refractivity contribution in [1.29, 1.82) is 0 Å². The van der Waals surface area contributed by atoms with E-state index in [-0.39, 0.29) is 5.63 Å². The van der Waals surface area contributed by atoms with E-state index in [1.165, 1.54) is 11.6 Å². The molecule has 35 heavy (non-hydrogen) atoms. The summed E-state index contributed by atoms with van der Waals surface area (Å²) in [6, 6.07) is 12.3. The van der Waals surface area contributed by atoms with E-state index in [2.05, 4.69) is 14.8 Å². The van der Waals surface area contributed by atoms with Gasteiger partial charge in [0.25, 0.3) is 0 Å². The van der Waals surface area contributed by atoms with Gasteiger partial charge in [0.2, 0.25) is 0 Å². The van der Waals surface area contributed by atoms with Crippen LogP contribution in [0.2, 0.25) is 0 Å². The third kappa shape index (κ3) is 4.88. The predicted molar refractivity (Wildman–Crippen MR) is 136 cm³/mol. The molecular formula is C27H29N3O5. The molecule has 0 aliphatic carbocycles. The van der Waals surface area contributed by atoms with Crippen molar-refractivity contribution in [2.75, 3.05) is 44.7 Å². The van der Waals surface area contributed by atoms with E-state index in [0.29, 0.717) is 16.9 Å². The highest BCUT2D eigenvalue weighted by atomic mass is 16.5. The zero-order valence-electron chi connectivity index (χ0n) is 19.8. The lowest BCUT2D eigenvalue weighted by Crippen LogP contribution is -2.46. The third-order valence-corrected chi connectivity index (χ3v) is 6.82. The van der Waals surface area contributed by atoms with Crippen LogP contribution >= 0.6 is 0 Å². The number of carbonyl (C=O) groups is 1. The molecule has 0 bridgehead atoms. The van der Waals surface area contributed by atoms with Gasteiger partial charge in [-0.05, 0) is 61.7 Å². The lowest BCUT2D eigenvalue weighted by molar-refractivity contribution is 0.0697. The van der Waals surface area contributed by atoms with E-state index in [4.69, 9.17) is 9.15 Å². The quantitative estimate of drug-likeness (QED) is 0.292. The first kappa shape index (κ1) is 23.0. The summed E-state index contributed by atoms with van der Waals surface area (Å²) >= 11 is 0. The van der Waals surface area contributed by atoms with Gasteiger partial charge < -0.3 is 24.1 Å². The van der Waals surface area contributed by atoms with Gasteiger partial charge in [-0.1, -0.05) is 0 Å². The summed E-state index contributed by atoms with van der Waals surface area (Å²) in [4.78, 5) is 30.9. The maximum Gasteiger partial charge on any atom is 0.336 e. The van der Waals surface area contributed by atoms with Gasteiger partial charge in [-0.3, -0.25) is 4.90 Å². The summed E-state index contributed by atoms with van der Waals surface area (Å²) in [7, 11) is 1.64. The number of benzene rings is 2. The molecule has 1 fully saturated rings. The Labute approximate surface area is 202 Å². The average Bonchev–Trinajstić information content (AvgIpc) is 3.28. The molecule has 2 N–H and O–H groups in total. The maximum atomic E-state index is 11.5. The molecule has 1 aliphatic heterocycles. The Hall–Kier alpha value is -3.78. The standard InChI is InChI=1S/C27H29N3O5/c1-34-25-16-24-18(6-8-26(31)35-24)15-23(25)30-12-10-29(11-13-30)9-3-2-4-20-17-28-22-7-5-19(27(32)33)14-21(20)22/h5-8,14-17,28H,2-4,9-13H2,1H3,(H,32,33). The Morgan fingerprint density at radius 3 is 2.69 bits per heavy atom. The maximum absolute atomic E-state index is 11.5. The van der Waals surface area contributed by atoms with Crippen LogP contribution in [-0.4, -0.2) is 60.8 Å². The summed E-state index contributed by atoms with van der Waals surface area (Å²) in [5.74, 6) is -0.184. The van der Waals surface area contributed by atoms with Crippen LogP contribution < -0.4 is 15.3 Å². The third-order valence-electron chi connectivity index (χ3n) is 6.82. The number of carboxylic acids is 1. The Bertz CT molecular complexity index is 1420. The van der Waals surface area contributed by atoms with E-state index < -0.39 is 5.97 Å². The SMILES string of the molecule is COc1cc2oc(=O)ccc2cc1N1CCN(CCCCc2c[nH]c3ccc(C(=O)O)cc23)CC1. The fraction of sp³-hybridized carbons (Fsp3) is 0.333. The van der Waals surface area contributed by atoms with Crippen LogP contribution in [0.25, 0.3) is 21.9 Å². The van der Waals surface area contributed by atoms with E-state index in [9.17, 15) is 14.7 Å². The second kappa shape index (κ2) is 9.84. The van der Waals surface area contributed by atoms with Crippen molar-refractivity contribution in [3.05, 3.63) is 70.2 Å². The highest BCUT2D eigenvalue weighted by Crippen LogP contribution is 2.33. The van der Waals surface area contributed by atoms with Crippen LogP contribution in [0.15, 0.2) is 57.9 Å². The number of aromatic nitrogens is 1. The van der Waals surface area contributed by atoms with E-state index in [0.717, 1.165) is 74.0 Å². The molecule has 3 heterocycles. The number of anilines is 1. The van der Waals surface area contributed by atoms with Crippen molar-refractivity contribution >= 4 is 33.5 Å². The second-order valence-electron chi connectivity index (χ2n) is 8.98. The van der Waals surface area contributed by atoms with Crippen LogP contribution in [0.4, 0.5) is 5.69 Å². The van der Waals surface area contributed by atoms with E-state index >= 15 is 0 Å². The van der Waals surface area contributed by atoms with Crippen LogP contribution in [0.5, 0.6) is 5.75 Å². The van der Waals surface area contributed by atoms with Crippen molar-refractivity contribution in [3.8, 4) is 5.75 Å². The van der Waals surface area contributed by atoms with Crippen LogP contribution in [-0.2, 0) is 6.42 Å². The number of rotatable bonds is 8. The number of nitrogens with one attached hydrogen (secondary N) is 1. The number of hydrogen-bond donors (Lipinski definition) is 2. The molecule has 0 amide bonds. The monoisotopic (exact) mass is 475 g/mol. The number of aromatic carboxylic acids is 1. The molecular weight excluding hydrogens is 446 g/mol. The Morgan fingerprint density at radius 2 is 1.91 bits per heavy atom. The van der Waals surface area contributed by atoms with Crippen molar-refractivity contribution in [3.63, 3.8) is 0 Å². The molecule has 1 saturated heterocycles. The number of methoxy groups -OCH3 is 1. The minimum absolute atomic E-state index is 0.323. The van der Waals surface area contributed by atoms with Gasteiger partial charge in [0, 0.05) is 60.8 Å². The van der Waals surface area contributed by atoms with Crippen molar-refractivity contribution in [1.82, 2.24) is 9.88 Å². The molecule has 4 aromatic rings. The number of unbranched alkanes of at least 4 members (excludes halogenated alkanes) is 1. The smallest absolute Gasteiger partial charge is 0.336 e. The normalized spacial score (nSPS) is 14.6. The first-order valence-electron chi connectivity index (χ1n) is 11.9. The molecule has 0 radical (unpaired) electrons. The molecule has 0 atom stereocenters. The van der Waals surface area contributed by atoms with E-state index in [1.807, 2.05) is 18.3 Å². The average molecular weight is 476 g/mol. The zero-order valence-corrected chi connectivity index (χ0v) is 19.8. The Balaban J connectivity index is 1.15. The Morgan fingerprint density at radius 1 is 1.09 bits per heavy atom. The second-order valence-corrected chi connectivity index (χ2v) is 8.98. The molecule has 8 heteroatoms. The number of H-pyrrole nitrogens is 1. The van der Waals surface area contributed by atoms with Crippen molar-refractivity contribution < 1.29 is 19.1 Å². The number of aryl methyl sites for hydroxylation is 1. The topological polar surface area (TPSA) is 99.0 Å². The van der Waals surface area contributed by atoms with Gasteiger partial charge in [0.15, 0.2) is 0 Å². The molecule has 5 rings (SSSR count). The number of hydrogen-bond acceptors (Lipinski definition) is 6. The van der Waals surface area contributed by atoms with E-state index in [1.54, 1.807) is 31.4 Å². The predicted octanol–water partition coefficient (Wildman–Crippen LogP) is 4.13. The van der Waals surface area contributed by atoms with Gasteiger partial charge in [0.1, 0.15) is 11.3 Å². The highest BCUT2D eigenvalue weighted by molar-refractivity contribution is 5.94. The number of aromatic amines is 1. The van der Waals surface area contributed by atoms with Crippen molar-refractivity contribution in [2.24, 2.45) is 0 Å². The van der Waals surface area contributed by atoms with Crippen LogP contribution in [0.1, 0.15) is 28.8 Å². The van der Waals surface area contributed by atoms with Crippen molar-refractivity contribution in [2.45, 2.75) is 19.3 Å².